The van der Waals surface area contributed by atoms with Crippen molar-refractivity contribution in [2.24, 2.45) is 0 Å². The number of rotatable bonds is 7. The Kier molecular flexibility index (Phi) is 5.76. The van der Waals surface area contributed by atoms with Gasteiger partial charge in [0.2, 0.25) is 0 Å². The molecule has 94 valence electrons. The van der Waals surface area contributed by atoms with Gasteiger partial charge in [-0.3, -0.25) is 10.1 Å². The van der Waals surface area contributed by atoms with Crippen molar-refractivity contribution < 1.29 is 4.92 Å². The SMILES string of the molecule is CCCCCSc1cc([N+](=O)[O-])cc(NC)n1. The van der Waals surface area contributed by atoms with E-state index < -0.39 is 4.92 Å². The molecular formula is C11H17N3O2S. The third-order valence-electron chi connectivity index (χ3n) is 2.25. The van der Waals surface area contributed by atoms with Gasteiger partial charge in [0.25, 0.3) is 5.69 Å². The van der Waals surface area contributed by atoms with E-state index in [2.05, 4.69) is 17.2 Å². The van der Waals surface area contributed by atoms with E-state index in [0.717, 1.165) is 12.2 Å². The number of anilines is 1. The molecule has 6 heteroatoms. The number of pyridine rings is 1. The molecule has 1 N–H and O–H groups in total. The largest absolute Gasteiger partial charge is 0.373 e. The lowest BCUT2D eigenvalue weighted by molar-refractivity contribution is -0.385. The van der Waals surface area contributed by atoms with Crippen LogP contribution in [0, 0.1) is 10.1 Å². The zero-order valence-corrected chi connectivity index (χ0v) is 10.9. The number of nitrogens with zero attached hydrogens (tertiary/aromatic N) is 2. The van der Waals surface area contributed by atoms with Crippen LogP contribution in [-0.2, 0) is 0 Å². The van der Waals surface area contributed by atoms with E-state index in [4.69, 9.17) is 0 Å². The summed E-state index contributed by atoms with van der Waals surface area (Å²) >= 11 is 1.57. The van der Waals surface area contributed by atoms with Crippen LogP contribution in [0.15, 0.2) is 17.2 Å². The van der Waals surface area contributed by atoms with Crippen molar-refractivity contribution in [2.75, 3.05) is 18.1 Å². The molecule has 1 aromatic rings. The van der Waals surface area contributed by atoms with Crippen molar-refractivity contribution in [1.82, 2.24) is 4.98 Å². The van der Waals surface area contributed by atoms with Crippen LogP contribution in [0.4, 0.5) is 11.5 Å². The van der Waals surface area contributed by atoms with Crippen LogP contribution in [-0.4, -0.2) is 22.7 Å². The number of aromatic nitrogens is 1. The highest BCUT2D eigenvalue weighted by Gasteiger charge is 2.10. The van der Waals surface area contributed by atoms with Crippen LogP contribution in [0.2, 0.25) is 0 Å². The summed E-state index contributed by atoms with van der Waals surface area (Å²) in [7, 11) is 1.71. The van der Waals surface area contributed by atoms with Gasteiger partial charge in [0, 0.05) is 13.1 Å². The topological polar surface area (TPSA) is 68.1 Å². The second kappa shape index (κ2) is 7.11. The first-order valence-corrected chi connectivity index (χ1v) is 6.63. The molecule has 1 heterocycles. The molecule has 1 aromatic heterocycles. The van der Waals surface area contributed by atoms with Crippen molar-refractivity contribution in [3.05, 3.63) is 22.2 Å². The molecule has 0 aliphatic carbocycles. The Bertz CT molecular complexity index is 385. The molecule has 0 atom stereocenters. The third-order valence-corrected chi connectivity index (χ3v) is 3.25. The van der Waals surface area contributed by atoms with Gasteiger partial charge < -0.3 is 5.32 Å². The normalized spacial score (nSPS) is 10.2. The zero-order valence-electron chi connectivity index (χ0n) is 10.1. The smallest absolute Gasteiger partial charge is 0.275 e. The van der Waals surface area contributed by atoms with Crippen molar-refractivity contribution in [3.63, 3.8) is 0 Å². The maximum Gasteiger partial charge on any atom is 0.275 e. The molecule has 5 nitrogen and oxygen atoms in total. The second-order valence-corrected chi connectivity index (χ2v) is 4.73. The summed E-state index contributed by atoms with van der Waals surface area (Å²) in [5, 5.41) is 14.3. The maximum absolute atomic E-state index is 10.7. The van der Waals surface area contributed by atoms with E-state index in [9.17, 15) is 10.1 Å². The molecule has 0 amide bonds. The highest BCUT2D eigenvalue weighted by Crippen LogP contribution is 2.25. The first-order chi connectivity index (χ1) is 8.17. The minimum absolute atomic E-state index is 0.0855. The van der Waals surface area contributed by atoms with Crippen molar-refractivity contribution >= 4 is 23.3 Å². The Morgan fingerprint density at radius 3 is 2.82 bits per heavy atom. The Hall–Kier alpha value is -1.30. The van der Waals surface area contributed by atoms with E-state index >= 15 is 0 Å². The van der Waals surface area contributed by atoms with Gasteiger partial charge in [0.1, 0.15) is 10.8 Å². The highest BCUT2D eigenvalue weighted by molar-refractivity contribution is 7.99. The van der Waals surface area contributed by atoms with E-state index in [1.807, 2.05) is 0 Å². The summed E-state index contributed by atoms with van der Waals surface area (Å²) in [4.78, 5) is 14.6. The number of hydrogen-bond acceptors (Lipinski definition) is 5. The lowest BCUT2D eigenvalue weighted by Gasteiger charge is -2.04. The van der Waals surface area contributed by atoms with Crippen LogP contribution in [0.25, 0.3) is 0 Å². The average molecular weight is 255 g/mol. The third kappa shape index (κ3) is 4.60. The molecule has 0 saturated carbocycles. The molecule has 0 radical (unpaired) electrons. The molecule has 0 aromatic carbocycles. The van der Waals surface area contributed by atoms with E-state index in [1.165, 1.54) is 25.0 Å². The molecule has 0 bridgehead atoms. The summed E-state index contributed by atoms with van der Waals surface area (Å²) in [5.41, 5.74) is 0.0855. The fourth-order valence-electron chi connectivity index (χ4n) is 1.33. The van der Waals surface area contributed by atoms with Gasteiger partial charge in [-0.2, -0.15) is 0 Å². The Labute approximate surface area is 105 Å². The molecule has 1 rings (SSSR count). The van der Waals surface area contributed by atoms with Gasteiger partial charge >= 0.3 is 0 Å². The first-order valence-electron chi connectivity index (χ1n) is 5.64. The van der Waals surface area contributed by atoms with Gasteiger partial charge in [-0.1, -0.05) is 19.8 Å². The van der Waals surface area contributed by atoms with Crippen molar-refractivity contribution in [2.45, 2.75) is 31.2 Å². The lowest BCUT2D eigenvalue weighted by atomic mass is 10.3. The zero-order chi connectivity index (χ0) is 12.7. The van der Waals surface area contributed by atoms with E-state index in [1.54, 1.807) is 18.8 Å². The number of nitrogens with one attached hydrogen (secondary N) is 1. The molecule has 0 aliphatic rings. The van der Waals surface area contributed by atoms with Gasteiger partial charge in [-0.05, 0) is 12.2 Å². The lowest BCUT2D eigenvalue weighted by Crippen LogP contribution is -1.97. The molecule has 0 aliphatic heterocycles. The first kappa shape index (κ1) is 13.8. The number of thioether (sulfide) groups is 1. The van der Waals surface area contributed by atoms with Crippen LogP contribution in [0.3, 0.4) is 0 Å². The Morgan fingerprint density at radius 1 is 1.47 bits per heavy atom. The Balaban J connectivity index is 2.70. The average Bonchev–Trinajstić information content (AvgIpc) is 2.34. The van der Waals surface area contributed by atoms with Gasteiger partial charge in [-0.15, -0.1) is 11.8 Å². The van der Waals surface area contributed by atoms with E-state index in [0.29, 0.717) is 10.8 Å². The fourth-order valence-corrected chi connectivity index (χ4v) is 2.25. The summed E-state index contributed by atoms with van der Waals surface area (Å²) in [6.07, 6.45) is 3.46. The predicted molar refractivity (Wildman–Crippen MR) is 70.7 cm³/mol. The number of unbranched alkanes of at least 4 members (excludes halogenated alkanes) is 2. The van der Waals surface area contributed by atoms with Gasteiger partial charge in [0.05, 0.1) is 11.0 Å². The molecule has 0 spiro atoms. The molecule has 0 unspecified atom stereocenters. The second-order valence-electron chi connectivity index (χ2n) is 3.61. The van der Waals surface area contributed by atoms with Gasteiger partial charge in [0.15, 0.2) is 0 Å². The van der Waals surface area contributed by atoms with Crippen LogP contribution in [0.5, 0.6) is 0 Å². The van der Waals surface area contributed by atoms with Gasteiger partial charge in [-0.25, -0.2) is 4.98 Å². The molecular weight excluding hydrogens is 238 g/mol. The highest BCUT2D eigenvalue weighted by atomic mass is 32.2. The Morgan fingerprint density at radius 2 is 2.24 bits per heavy atom. The van der Waals surface area contributed by atoms with Crippen LogP contribution >= 0.6 is 11.8 Å². The minimum atomic E-state index is -0.390. The standard InChI is InChI=1S/C11H17N3O2S/c1-3-4-5-6-17-11-8-9(14(15)16)7-10(12-2)13-11/h7-8H,3-6H2,1-2H3,(H,12,13). The minimum Gasteiger partial charge on any atom is -0.373 e. The molecule has 17 heavy (non-hydrogen) atoms. The quantitative estimate of drug-likeness (QED) is 0.350. The van der Waals surface area contributed by atoms with Crippen molar-refractivity contribution in [3.8, 4) is 0 Å². The monoisotopic (exact) mass is 255 g/mol. The van der Waals surface area contributed by atoms with Crippen molar-refractivity contribution in [1.29, 1.82) is 0 Å². The summed E-state index contributed by atoms with van der Waals surface area (Å²) in [6, 6.07) is 2.97. The summed E-state index contributed by atoms with van der Waals surface area (Å²) in [6.45, 7) is 2.15. The molecule has 0 fully saturated rings. The predicted octanol–water partition coefficient (Wildman–Crippen LogP) is 3.31. The summed E-state index contributed by atoms with van der Waals surface area (Å²) < 4.78 is 0. The number of hydrogen-bond donors (Lipinski definition) is 1. The number of nitro groups is 1. The molecule has 0 saturated heterocycles. The van der Waals surface area contributed by atoms with Crippen LogP contribution in [0.1, 0.15) is 26.2 Å². The summed E-state index contributed by atoms with van der Waals surface area (Å²) in [5.74, 6) is 1.49. The maximum atomic E-state index is 10.7. The van der Waals surface area contributed by atoms with Crippen LogP contribution < -0.4 is 5.32 Å². The van der Waals surface area contributed by atoms with E-state index in [-0.39, 0.29) is 5.69 Å². The fraction of sp³-hybridized carbons (Fsp3) is 0.545.